The van der Waals surface area contributed by atoms with Crippen molar-refractivity contribution in [3.8, 4) is 6.07 Å². The van der Waals surface area contributed by atoms with Crippen molar-refractivity contribution in [2.24, 2.45) is 5.41 Å². The van der Waals surface area contributed by atoms with Gasteiger partial charge in [0.25, 0.3) is 0 Å². The molecule has 0 unspecified atom stereocenters. The molecule has 1 amide bonds. The second-order valence-electron chi connectivity index (χ2n) is 3.99. The molecule has 1 aliphatic carbocycles. The van der Waals surface area contributed by atoms with Crippen LogP contribution in [0.2, 0.25) is 0 Å². The first-order chi connectivity index (χ1) is 7.75. The van der Waals surface area contributed by atoms with Gasteiger partial charge in [-0.05, 0) is 25.7 Å². The average molecular weight is 222 g/mol. The van der Waals surface area contributed by atoms with Gasteiger partial charge in [0, 0.05) is 6.54 Å². The maximum Gasteiger partial charge on any atom is 0.240 e. The SMILES string of the molecule is C=CCCOCCNC(=O)C1(C#N)CCC1. The zero-order valence-electron chi connectivity index (χ0n) is 9.50. The van der Waals surface area contributed by atoms with E-state index in [0.29, 0.717) is 32.6 Å². The van der Waals surface area contributed by atoms with E-state index < -0.39 is 5.41 Å². The van der Waals surface area contributed by atoms with Crippen molar-refractivity contribution in [3.05, 3.63) is 12.7 Å². The molecule has 1 rings (SSSR count). The fourth-order valence-electron chi connectivity index (χ4n) is 1.59. The first-order valence-electron chi connectivity index (χ1n) is 5.63. The maximum absolute atomic E-state index is 11.7. The molecule has 1 saturated carbocycles. The Hall–Kier alpha value is -1.34. The van der Waals surface area contributed by atoms with Crippen LogP contribution in [0, 0.1) is 16.7 Å². The minimum Gasteiger partial charge on any atom is -0.379 e. The van der Waals surface area contributed by atoms with Crippen molar-refractivity contribution in [1.82, 2.24) is 5.32 Å². The zero-order valence-corrected chi connectivity index (χ0v) is 9.50. The summed E-state index contributed by atoms with van der Waals surface area (Å²) in [6.07, 6.45) is 4.95. The Morgan fingerprint density at radius 1 is 1.56 bits per heavy atom. The first-order valence-corrected chi connectivity index (χ1v) is 5.63. The van der Waals surface area contributed by atoms with Crippen LogP contribution in [-0.2, 0) is 9.53 Å². The van der Waals surface area contributed by atoms with Crippen LogP contribution >= 0.6 is 0 Å². The average Bonchev–Trinajstić information content (AvgIpc) is 2.22. The number of hydrogen-bond donors (Lipinski definition) is 1. The summed E-state index contributed by atoms with van der Waals surface area (Å²) in [6.45, 7) is 5.17. The molecule has 0 atom stereocenters. The van der Waals surface area contributed by atoms with Gasteiger partial charge in [-0.1, -0.05) is 6.08 Å². The van der Waals surface area contributed by atoms with Gasteiger partial charge < -0.3 is 10.1 Å². The van der Waals surface area contributed by atoms with Gasteiger partial charge in [0.2, 0.25) is 5.91 Å². The van der Waals surface area contributed by atoms with E-state index in [9.17, 15) is 4.79 Å². The number of carbonyl (C=O) groups excluding carboxylic acids is 1. The van der Waals surface area contributed by atoms with Crippen molar-refractivity contribution < 1.29 is 9.53 Å². The van der Waals surface area contributed by atoms with Crippen LogP contribution in [0.5, 0.6) is 0 Å². The van der Waals surface area contributed by atoms with Crippen LogP contribution in [0.3, 0.4) is 0 Å². The molecular weight excluding hydrogens is 204 g/mol. The largest absolute Gasteiger partial charge is 0.379 e. The zero-order chi connectivity index (χ0) is 11.9. The summed E-state index contributed by atoms with van der Waals surface area (Å²) < 4.78 is 5.25. The molecule has 0 aromatic carbocycles. The molecule has 88 valence electrons. The van der Waals surface area contributed by atoms with Gasteiger partial charge in [-0.25, -0.2) is 0 Å². The lowest BCUT2D eigenvalue weighted by Gasteiger charge is -2.33. The van der Waals surface area contributed by atoms with E-state index in [4.69, 9.17) is 10.00 Å². The third kappa shape index (κ3) is 3.07. The summed E-state index contributed by atoms with van der Waals surface area (Å²) in [5, 5.41) is 11.7. The fourth-order valence-corrected chi connectivity index (χ4v) is 1.59. The standard InChI is InChI=1S/C12H18N2O2/c1-2-3-8-16-9-7-14-11(15)12(10-13)5-4-6-12/h2H,1,3-9H2,(H,14,15). The molecule has 0 aromatic rings. The highest BCUT2D eigenvalue weighted by Crippen LogP contribution is 2.40. The summed E-state index contributed by atoms with van der Waals surface area (Å²) >= 11 is 0. The molecule has 1 fully saturated rings. The van der Waals surface area contributed by atoms with E-state index in [-0.39, 0.29) is 5.91 Å². The third-order valence-electron chi connectivity index (χ3n) is 2.85. The highest BCUT2D eigenvalue weighted by molar-refractivity contribution is 5.86. The van der Waals surface area contributed by atoms with Gasteiger partial charge in [-0.15, -0.1) is 6.58 Å². The van der Waals surface area contributed by atoms with Crippen LogP contribution in [0.25, 0.3) is 0 Å². The number of ether oxygens (including phenoxy) is 1. The molecule has 0 heterocycles. The highest BCUT2D eigenvalue weighted by atomic mass is 16.5. The first kappa shape index (κ1) is 12.7. The highest BCUT2D eigenvalue weighted by Gasteiger charge is 2.44. The number of nitrogens with one attached hydrogen (secondary N) is 1. The summed E-state index contributed by atoms with van der Waals surface area (Å²) in [7, 11) is 0. The number of carbonyl (C=O) groups is 1. The lowest BCUT2D eigenvalue weighted by atomic mass is 9.69. The molecule has 1 aliphatic rings. The van der Waals surface area contributed by atoms with Crippen LogP contribution in [0.15, 0.2) is 12.7 Å². The molecule has 0 saturated heterocycles. The number of hydrogen-bond acceptors (Lipinski definition) is 3. The van der Waals surface area contributed by atoms with Gasteiger partial charge in [0.1, 0.15) is 5.41 Å². The summed E-state index contributed by atoms with van der Waals surface area (Å²) in [6, 6.07) is 2.11. The summed E-state index contributed by atoms with van der Waals surface area (Å²) in [5.41, 5.74) is -0.749. The molecule has 0 bridgehead atoms. The van der Waals surface area contributed by atoms with E-state index in [1.54, 1.807) is 6.08 Å². The molecule has 16 heavy (non-hydrogen) atoms. The second kappa shape index (κ2) is 6.29. The van der Waals surface area contributed by atoms with Gasteiger partial charge >= 0.3 is 0 Å². The minimum absolute atomic E-state index is 0.145. The van der Waals surface area contributed by atoms with Crippen molar-refractivity contribution in [2.75, 3.05) is 19.8 Å². The quantitative estimate of drug-likeness (QED) is 0.523. The predicted molar refractivity (Wildman–Crippen MR) is 60.5 cm³/mol. The topological polar surface area (TPSA) is 62.1 Å². The van der Waals surface area contributed by atoms with Gasteiger partial charge in [0.05, 0.1) is 19.3 Å². The normalized spacial score (nSPS) is 16.9. The molecule has 0 aromatic heterocycles. The van der Waals surface area contributed by atoms with Crippen LogP contribution in [-0.4, -0.2) is 25.7 Å². The van der Waals surface area contributed by atoms with Gasteiger partial charge in [-0.3, -0.25) is 4.79 Å². The summed E-state index contributed by atoms with van der Waals surface area (Å²) in [4.78, 5) is 11.7. The van der Waals surface area contributed by atoms with Crippen molar-refractivity contribution in [2.45, 2.75) is 25.7 Å². The number of nitriles is 1. The number of nitrogens with zero attached hydrogens (tertiary/aromatic N) is 1. The Labute approximate surface area is 96.3 Å². The van der Waals surface area contributed by atoms with E-state index in [2.05, 4.69) is 18.0 Å². The lowest BCUT2D eigenvalue weighted by molar-refractivity contribution is -0.131. The number of rotatable bonds is 7. The van der Waals surface area contributed by atoms with E-state index >= 15 is 0 Å². The Kier molecular flexibility index (Phi) is 5.00. The molecule has 0 aliphatic heterocycles. The molecular formula is C12H18N2O2. The van der Waals surface area contributed by atoms with Crippen LogP contribution in [0.4, 0.5) is 0 Å². The molecule has 0 radical (unpaired) electrons. The smallest absolute Gasteiger partial charge is 0.240 e. The predicted octanol–water partition coefficient (Wildman–Crippen LogP) is 1.39. The minimum atomic E-state index is -0.749. The van der Waals surface area contributed by atoms with Crippen LogP contribution < -0.4 is 5.32 Å². The van der Waals surface area contributed by atoms with Crippen molar-refractivity contribution in [3.63, 3.8) is 0 Å². The fraction of sp³-hybridized carbons (Fsp3) is 0.667. The Bertz CT molecular complexity index is 290. The van der Waals surface area contributed by atoms with Crippen molar-refractivity contribution in [1.29, 1.82) is 5.26 Å². The van der Waals surface area contributed by atoms with Crippen molar-refractivity contribution >= 4 is 5.91 Å². The molecule has 1 N–H and O–H groups in total. The number of amides is 1. The van der Waals surface area contributed by atoms with E-state index in [1.807, 2.05) is 0 Å². The van der Waals surface area contributed by atoms with E-state index in [1.165, 1.54) is 0 Å². The van der Waals surface area contributed by atoms with Crippen LogP contribution in [0.1, 0.15) is 25.7 Å². The Balaban J connectivity index is 2.11. The van der Waals surface area contributed by atoms with E-state index in [0.717, 1.165) is 12.8 Å². The Morgan fingerprint density at radius 3 is 2.81 bits per heavy atom. The molecule has 0 spiro atoms. The van der Waals surface area contributed by atoms with Gasteiger partial charge in [-0.2, -0.15) is 5.26 Å². The second-order valence-corrected chi connectivity index (χ2v) is 3.99. The summed E-state index contributed by atoms with van der Waals surface area (Å²) in [5.74, 6) is -0.145. The molecule has 4 nitrogen and oxygen atoms in total. The third-order valence-corrected chi connectivity index (χ3v) is 2.85. The Morgan fingerprint density at radius 2 is 2.31 bits per heavy atom. The van der Waals surface area contributed by atoms with Gasteiger partial charge in [0.15, 0.2) is 0 Å². The monoisotopic (exact) mass is 222 g/mol. The lowest BCUT2D eigenvalue weighted by Crippen LogP contribution is -2.45. The molecule has 4 heteroatoms. The maximum atomic E-state index is 11.7.